The van der Waals surface area contributed by atoms with Crippen molar-refractivity contribution >= 4 is 35.6 Å². The van der Waals surface area contributed by atoms with Gasteiger partial charge in [0.05, 0.1) is 11.7 Å². The van der Waals surface area contributed by atoms with E-state index in [9.17, 15) is 9.59 Å². The van der Waals surface area contributed by atoms with Gasteiger partial charge >= 0.3 is 0 Å². The maximum Gasteiger partial charge on any atom is 0.280 e. The molecular formula is C20H29ClN4O2S. The number of aryl methyl sites for hydroxylation is 2. The maximum atomic E-state index is 12.7. The van der Waals surface area contributed by atoms with Gasteiger partial charge in [-0.2, -0.15) is 0 Å². The number of carbonyl (C=O) groups excluding carboxylic acids is 2. The van der Waals surface area contributed by atoms with E-state index in [1.54, 1.807) is 11.3 Å². The number of nitrogens with one attached hydrogen (secondary N) is 2. The lowest BCUT2D eigenvalue weighted by Gasteiger charge is -2.54. The summed E-state index contributed by atoms with van der Waals surface area (Å²) in [6, 6.07) is 0.467. The number of aromatic nitrogens is 1. The Labute approximate surface area is 176 Å². The van der Waals surface area contributed by atoms with Gasteiger partial charge in [-0.3, -0.25) is 9.59 Å². The van der Waals surface area contributed by atoms with E-state index in [-0.39, 0.29) is 30.3 Å². The van der Waals surface area contributed by atoms with E-state index >= 15 is 0 Å². The molecule has 1 aromatic rings. The van der Waals surface area contributed by atoms with Gasteiger partial charge in [-0.1, -0.05) is 0 Å². The Morgan fingerprint density at radius 2 is 2.00 bits per heavy atom. The molecule has 1 aliphatic carbocycles. The smallest absolute Gasteiger partial charge is 0.280 e. The molecule has 4 aliphatic rings. The number of carbonyl (C=O) groups is 2. The summed E-state index contributed by atoms with van der Waals surface area (Å²) in [4.78, 5) is 33.5. The van der Waals surface area contributed by atoms with Gasteiger partial charge in [0.2, 0.25) is 5.91 Å². The van der Waals surface area contributed by atoms with Crippen LogP contribution in [0.3, 0.4) is 0 Å². The summed E-state index contributed by atoms with van der Waals surface area (Å²) in [7, 11) is 0. The fraction of sp³-hybridized carbons (Fsp3) is 0.750. The highest BCUT2D eigenvalue weighted by Crippen LogP contribution is 2.39. The van der Waals surface area contributed by atoms with Gasteiger partial charge in [-0.25, -0.2) is 4.98 Å². The molecule has 0 saturated carbocycles. The van der Waals surface area contributed by atoms with Crippen molar-refractivity contribution < 1.29 is 9.59 Å². The number of thiazole rings is 1. The fourth-order valence-electron chi connectivity index (χ4n) is 5.62. The largest absolute Gasteiger partial charge is 0.348 e. The molecule has 5 rings (SSSR count). The minimum atomic E-state index is -0.0682. The monoisotopic (exact) mass is 424 g/mol. The third kappa shape index (κ3) is 3.57. The Morgan fingerprint density at radius 3 is 2.86 bits per heavy atom. The molecule has 1 aromatic heterocycles. The highest BCUT2D eigenvalue weighted by Gasteiger charge is 2.47. The van der Waals surface area contributed by atoms with Gasteiger partial charge in [0.25, 0.3) is 5.91 Å². The van der Waals surface area contributed by atoms with Crippen LogP contribution in [0.5, 0.6) is 0 Å². The summed E-state index contributed by atoms with van der Waals surface area (Å²) in [5, 5.41) is 7.27. The summed E-state index contributed by atoms with van der Waals surface area (Å²) in [5.74, 6) is 1.23. The molecule has 4 atom stereocenters. The first-order valence-electron chi connectivity index (χ1n) is 10.5. The second-order valence-electron chi connectivity index (χ2n) is 8.55. The summed E-state index contributed by atoms with van der Waals surface area (Å²) < 4.78 is 0. The average Bonchev–Trinajstić information content (AvgIpc) is 3.13. The fourth-order valence-corrected chi connectivity index (χ4v) is 6.69. The maximum absolute atomic E-state index is 12.7. The molecule has 0 unspecified atom stereocenters. The third-order valence-corrected chi connectivity index (χ3v) is 8.07. The molecule has 2 bridgehead atoms. The van der Waals surface area contributed by atoms with Crippen LogP contribution in [0.4, 0.5) is 0 Å². The standard InChI is InChI=1S/C20H28N4O2S.ClH/c25-18-7-3-5-15-12-8-13(10-21-9-12)16(24(15)18)11-22-19(26)20-23-14-4-1-2-6-17(14)27-20;/h12-13,15-16,21H,1-11H2,(H,22,26);1H/t12-,13+,15+,16+;/m1./s1. The predicted octanol–water partition coefficient (Wildman–Crippen LogP) is 2.16. The Bertz CT molecular complexity index is 731. The van der Waals surface area contributed by atoms with Gasteiger partial charge in [-0.05, 0) is 63.3 Å². The summed E-state index contributed by atoms with van der Waals surface area (Å²) in [6.07, 6.45) is 8.38. The zero-order valence-corrected chi connectivity index (χ0v) is 17.7. The van der Waals surface area contributed by atoms with Crippen molar-refractivity contribution in [2.24, 2.45) is 11.8 Å². The van der Waals surface area contributed by atoms with Crippen LogP contribution in [-0.4, -0.2) is 53.4 Å². The molecule has 8 heteroatoms. The van der Waals surface area contributed by atoms with E-state index in [4.69, 9.17) is 0 Å². The van der Waals surface area contributed by atoms with Crippen molar-refractivity contribution in [1.29, 1.82) is 0 Å². The molecule has 3 fully saturated rings. The van der Waals surface area contributed by atoms with Crippen molar-refractivity contribution in [2.45, 2.75) is 63.5 Å². The number of hydrogen-bond acceptors (Lipinski definition) is 5. The Hall–Kier alpha value is -1.18. The van der Waals surface area contributed by atoms with Crippen LogP contribution < -0.4 is 10.6 Å². The molecule has 6 nitrogen and oxygen atoms in total. The Morgan fingerprint density at radius 1 is 1.18 bits per heavy atom. The van der Waals surface area contributed by atoms with E-state index in [1.807, 2.05) is 0 Å². The van der Waals surface area contributed by atoms with Crippen molar-refractivity contribution in [2.75, 3.05) is 19.6 Å². The SMILES string of the molecule is Cl.O=C(NC[C@H]1[C@@H]2CNC[C@@H](C2)[C@@H]2CCCC(=O)N21)c1nc2c(s1)CCCC2. The number of hydrogen-bond donors (Lipinski definition) is 2. The molecular weight excluding hydrogens is 396 g/mol. The van der Waals surface area contributed by atoms with Gasteiger partial charge in [-0.15, -0.1) is 23.7 Å². The molecule has 28 heavy (non-hydrogen) atoms. The lowest BCUT2D eigenvalue weighted by atomic mass is 9.72. The van der Waals surface area contributed by atoms with Crippen LogP contribution in [0.25, 0.3) is 0 Å². The summed E-state index contributed by atoms with van der Waals surface area (Å²) in [5.41, 5.74) is 1.12. The topological polar surface area (TPSA) is 74.3 Å². The van der Waals surface area contributed by atoms with Crippen molar-refractivity contribution in [3.8, 4) is 0 Å². The van der Waals surface area contributed by atoms with E-state index in [0.717, 1.165) is 44.5 Å². The Balaban J connectivity index is 0.00000192. The van der Waals surface area contributed by atoms with Gasteiger partial charge in [0, 0.05) is 30.4 Å². The lowest BCUT2D eigenvalue weighted by molar-refractivity contribution is -0.148. The van der Waals surface area contributed by atoms with Crippen LogP contribution in [0.15, 0.2) is 0 Å². The van der Waals surface area contributed by atoms with Crippen LogP contribution in [0, 0.1) is 11.8 Å². The first-order valence-corrected chi connectivity index (χ1v) is 11.3. The number of amides is 2. The molecule has 154 valence electrons. The quantitative estimate of drug-likeness (QED) is 0.779. The van der Waals surface area contributed by atoms with Crippen LogP contribution in [0.2, 0.25) is 0 Å². The van der Waals surface area contributed by atoms with Crippen LogP contribution >= 0.6 is 23.7 Å². The zero-order valence-electron chi connectivity index (χ0n) is 16.1. The second-order valence-corrected chi connectivity index (χ2v) is 9.63. The minimum Gasteiger partial charge on any atom is -0.348 e. The van der Waals surface area contributed by atoms with E-state index in [2.05, 4.69) is 20.5 Å². The van der Waals surface area contributed by atoms with Crippen molar-refractivity contribution in [3.63, 3.8) is 0 Å². The average molecular weight is 425 g/mol. The number of piperidine rings is 3. The highest BCUT2D eigenvalue weighted by atomic mass is 35.5. The number of halogens is 1. The minimum absolute atomic E-state index is 0. The van der Waals surface area contributed by atoms with E-state index in [0.29, 0.717) is 35.9 Å². The third-order valence-electron chi connectivity index (χ3n) is 6.91. The van der Waals surface area contributed by atoms with Crippen LogP contribution in [0.1, 0.15) is 58.9 Å². The van der Waals surface area contributed by atoms with Crippen molar-refractivity contribution in [3.05, 3.63) is 15.6 Å². The first kappa shape index (κ1) is 20.1. The van der Waals surface area contributed by atoms with Gasteiger partial charge in [0.15, 0.2) is 5.01 Å². The van der Waals surface area contributed by atoms with Gasteiger partial charge in [0.1, 0.15) is 0 Å². The lowest BCUT2D eigenvalue weighted by Crippen LogP contribution is -2.66. The highest BCUT2D eigenvalue weighted by molar-refractivity contribution is 7.13. The normalized spacial score (nSPS) is 31.4. The number of rotatable bonds is 3. The summed E-state index contributed by atoms with van der Waals surface area (Å²) in [6.45, 7) is 2.51. The number of nitrogens with zero attached hydrogens (tertiary/aromatic N) is 2. The van der Waals surface area contributed by atoms with Gasteiger partial charge < -0.3 is 15.5 Å². The van der Waals surface area contributed by atoms with Crippen LogP contribution in [-0.2, 0) is 17.6 Å². The summed E-state index contributed by atoms with van der Waals surface area (Å²) >= 11 is 1.56. The molecule has 0 radical (unpaired) electrons. The molecule has 3 saturated heterocycles. The first-order chi connectivity index (χ1) is 13.2. The molecule has 0 aromatic carbocycles. The Kier molecular flexibility index (Phi) is 5.95. The number of fused-ring (bicyclic) bond motifs is 5. The van der Waals surface area contributed by atoms with Crippen molar-refractivity contribution in [1.82, 2.24) is 20.5 Å². The second kappa shape index (κ2) is 8.28. The molecule has 4 heterocycles. The molecule has 0 spiro atoms. The zero-order chi connectivity index (χ0) is 18.4. The predicted molar refractivity (Wildman–Crippen MR) is 111 cm³/mol. The van der Waals surface area contributed by atoms with E-state index < -0.39 is 0 Å². The van der Waals surface area contributed by atoms with E-state index in [1.165, 1.54) is 24.1 Å². The molecule has 2 amide bonds. The molecule has 2 N–H and O–H groups in total. The molecule has 3 aliphatic heterocycles.